The number of halogens is 3. The summed E-state index contributed by atoms with van der Waals surface area (Å²) >= 11 is 0. The third kappa shape index (κ3) is 3.94. The molecule has 112 valence electrons. The summed E-state index contributed by atoms with van der Waals surface area (Å²) < 4.78 is 46.5. The van der Waals surface area contributed by atoms with Gasteiger partial charge in [0, 0.05) is 5.56 Å². The molecule has 9 heteroatoms. The third-order valence-corrected chi connectivity index (χ3v) is 2.46. The third-order valence-electron chi connectivity index (χ3n) is 2.46. The number of aromatic nitrogens is 3. The lowest BCUT2D eigenvalue weighted by molar-refractivity contribution is -0.274. The smallest absolute Gasteiger partial charge is 0.464 e. The number of rotatable bonds is 4. The molecular formula is C12H10F3N3O3. The van der Waals surface area contributed by atoms with E-state index in [1.807, 2.05) is 0 Å². The van der Waals surface area contributed by atoms with Gasteiger partial charge in [-0.05, 0) is 6.07 Å². The Morgan fingerprint density at radius 1 is 1.33 bits per heavy atom. The van der Waals surface area contributed by atoms with E-state index < -0.39 is 12.3 Å². The first-order valence-corrected chi connectivity index (χ1v) is 5.71. The van der Waals surface area contributed by atoms with Gasteiger partial charge in [0.05, 0.1) is 19.9 Å². The van der Waals surface area contributed by atoms with Crippen molar-refractivity contribution in [2.75, 3.05) is 7.11 Å². The van der Waals surface area contributed by atoms with E-state index in [0.717, 1.165) is 0 Å². The molecule has 0 radical (unpaired) electrons. The van der Waals surface area contributed by atoms with E-state index in [2.05, 4.69) is 19.8 Å². The molecule has 21 heavy (non-hydrogen) atoms. The Hall–Kier alpha value is -2.58. The zero-order valence-corrected chi connectivity index (χ0v) is 10.8. The maximum absolute atomic E-state index is 12.3. The predicted octanol–water partition coefficient (Wildman–Crippen LogP) is 2.01. The van der Waals surface area contributed by atoms with Crippen molar-refractivity contribution < 1.29 is 27.4 Å². The topological polar surface area (TPSA) is 66.2 Å². The van der Waals surface area contributed by atoms with Gasteiger partial charge in [0.15, 0.2) is 5.69 Å². The molecule has 0 fully saturated rings. The van der Waals surface area contributed by atoms with Crippen molar-refractivity contribution >= 4 is 5.97 Å². The van der Waals surface area contributed by atoms with Crippen LogP contribution in [-0.4, -0.2) is 34.4 Å². The van der Waals surface area contributed by atoms with Crippen molar-refractivity contribution in [2.45, 2.75) is 12.9 Å². The Morgan fingerprint density at radius 3 is 2.71 bits per heavy atom. The van der Waals surface area contributed by atoms with Crippen molar-refractivity contribution in [1.29, 1.82) is 0 Å². The van der Waals surface area contributed by atoms with Crippen molar-refractivity contribution in [1.82, 2.24) is 15.0 Å². The maximum atomic E-state index is 12.3. The minimum Gasteiger partial charge on any atom is -0.464 e. The predicted molar refractivity (Wildman–Crippen MR) is 63.6 cm³/mol. The summed E-state index contributed by atoms with van der Waals surface area (Å²) in [5.74, 6) is -1.01. The van der Waals surface area contributed by atoms with E-state index in [9.17, 15) is 18.0 Å². The number of para-hydroxylation sites is 1. The summed E-state index contributed by atoms with van der Waals surface area (Å²) in [7, 11) is 1.19. The van der Waals surface area contributed by atoms with E-state index in [1.165, 1.54) is 36.2 Å². The van der Waals surface area contributed by atoms with Gasteiger partial charge in [-0.15, -0.1) is 18.3 Å². The Bertz CT molecular complexity index is 640. The van der Waals surface area contributed by atoms with Crippen LogP contribution in [0.3, 0.4) is 0 Å². The quantitative estimate of drug-likeness (QED) is 0.808. The number of alkyl halides is 3. The second-order valence-electron chi connectivity index (χ2n) is 3.95. The minimum atomic E-state index is -4.78. The summed E-state index contributed by atoms with van der Waals surface area (Å²) in [4.78, 5) is 11.2. The average molecular weight is 301 g/mol. The molecule has 0 bridgehead atoms. The van der Waals surface area contributed by atoms with E-state index in [1.54, 1.807) is 6.07 Å². The Kier molecular flexibility index (Phi) is 4.10. The fourth-order valence-corrected chi connectivity index (χ4v) is 1.61. The number of esters is 1. The van der Waals surface area contributed by atoms with Crippen LogP contribution in [0, 0.1) is 0 Å². The lowest BCUT2D eigenvalue weighted by Gasteiger charge is -2.12. The number of hydrogen-bond acceptors (Lipinski definition) is 5. The highest BCUT2D eigenvalue weighted by Crippen LogP contribution is 2.26. The van der Waals surface area contributed by atoms with Crippen molar-refractivity contribution in [3.63, 3.8) is 0 Å². The van der Waals surface area contributed by atoms with E-state index >= 15 is 0 Å². The number of methoxy groups -OCH3 is 1. The zero-order chi connectivity index (χ0) is 15.5. The van der Waals surface area contributed by atoms with Crippen LogP contribution in [0.1, 0.15) is 16.1 Å². The molecule has 6 nitrogen and oxygen atoms in total. The van der Waals surface area contributed by atoms with Gasteiger partial charge in [-0.1, -0.05) is 23.4 Å². The van der Waals surface area contributed by atoms with Gasteiger partial charge in [0.1, 0.15) is 5.75 Å². The van der Waals surface area contributed by atoms with Crippen molar-refractivity contribution in [2.24, 2.45) is 0 Å². The lowest BCUT2D eigenvalue weighted by Crippen LogP contribution is -2.18. The molecule has 0 saturated carbocycles. The molecule has 0 aliphatic rings. The van der Waals surface area contributed by atoms with Crippen LogP contribution in [0.15, 0.2) is 30.5 Å². The number of carbonyl (C=O) groups is 1. The van der Waals surface area contributed by atoms with Gasteiger partial charge in [0.2, 0.25) is 0 Å². The highest BCUT2D eigenvalue weighted by molar-refractivity contribution is 5.86. The summed E-state index contributed by atoms with van der Waals surface area (Å²) in [6, 6.07) is 5.64. The highest BCUT2D eigenvalue weighted by atomic mass is 19.4. The van der Waals surface area contributed by atoms with Gasteiger partial charge >= 0.3 is 12.3 Å². The molecule has 0 aliphatic heterocycles. The second kappa shape index (κ2) is 5.81. The summed E-state index contributed by atoms with van der Waals surface area (Å²) in [5, 5.41) is 7.21. The molecule has 0 amide bonds. The number of benzene rings is 1. The summed E-state index contributed by atoms with van der Waals surface area (Å²) in [5.41, 5.74) is 0.211. The number of nitrogens with zero attached hydrogens (tertiary/aromatic N) is 3. The fraction of sp³-hybridized carbons (Fsp3) is 0.250. The number of carbonyl (C=O) groups excluding carboxylic acids is 1. The first-order chi connectivity index (χ1) is 9.89. The average Bonchev–Trinajstić information content (AvgIpc) is 2.87. The van der Waals surface area contributed by atoms with E-state index in [4.69, 9.17) is 0 Å². The van der Waals surface area contributed by atoms with Crippen LogP contribution in [0.4, 0.5) is 13.2 Å². The van der Waals surface area contributed by atoms with Gasteiger partial charge < -0.3 is 9.47 Å². The molecule has 0 aliphatic carbocycles. The van der Waals surface area contributed by atoms with Crippen LogP contribution < -0.4 is 4.74 Å². The summed E-state index contributed by atoms with van der Waals surface area (Å²) in [6.07, 6.45) is -3.51. The number of hydrogen-bond donors (Lipinski definition) is 0. The molecule has 2 rings (SSSR count). The Labute approximate surface area is 117 Å². The molecular weight excluding hydrogens is 291 g/mol. The van der Waals surface area contributed by atoms with Crippen molar-refractivity contribution in [3.8, 4) is 5.75 Å². The molecule has 0 N–H and O–H groups in total. The van der Waals surface area contributed by atoms with Crippen LogP contribution in [0.5, 0.6) is 5.75 Å². The maximum Gasteiger partial charge on any atom is 0.573 e. The zero-order valence-electron chi connectivity index (χ0n) is 10.8. The molecule has 1 aromatic heterocycles. The SMILES string of the molecule is COC(=O)c1cn(Cc2ccccc2OC(F)(F)F)nn1. The molecule has 2 aromatic rings. The molecule has 1 heterocycles. The van der Waals surface area contributed by atoms with Gasteiger partial charge in [-0.3, -0.25) is 0 Å². The van der Waals surface area contributed by atoms with Gasteiger partial charge in [-0.25, -0.2) is 9.48 Å². The Balaban J connectivity index is 2.20. The number of ether oxygens (including phenoxy) is 2. The minimum absolute atomic E-state index is 0.0315. The second-order valence-corrected chi connectivity index (χ2v) is 3.95. The summed E-state index contributed by atoms with van der Waals surface area (Å²) in [6.45, 7) is -0.0315. The Morgan fingerprint density at radius 2 is 2.05 bits per heavy atom. The van der Waals surface area contributed by atoms with Gasteiger partial charge in [0.25, 0.3) is 0 Å². The molecule has 1 aromatic carbocycles. The molecule has 0 unspecified atom stereocenters. The van der Waals surface area contributed by atoms with Crippen LogP contribution >= 0.6 is 0 Å². The highest BCUT2D eigenvalue weighted by Gasteiger charge is 2.32. The van der Waals surface area contributed by atoms with Crippen LogP contribution in [-0.2, 0) is 11.3 Å². The first-order valence-electron chi connectivity index (χ1n) is 5.71. The van der Waals surface area contributed by atoms with E-state index in [0.29, 0.717) is 0 Å². The largest absolute Gasteiger partial charge is 0.573 e. The lowest BCUT2D eigenvalue weighted by atomic mass is 10.2. The van der Waals surface area contributed by atoms with Crippen LogP contribution in [0.2, 0.25) is 0 Å². The molecule has 0 atom stereocenters. The molecule has 0 spiro atoms. The van der Waals surface area contributed by atoms with Crippen LogP contribution in [0.25, 0.3) is 0 Å². The fourth-order valence-electron chi connectivity index (χ4n) is 1.61. The van der Waals surface area contributed by atoms with Gasteiger partial charge in [-0.2, -0.15) is 0 Å². The molecule has 0 saturated heterocycles. The normalized spacial score (nSPS) is 11.2. The first kappa shape index (κ1) is 14.8. The monoisotopic (exact) mass is 301 g/mol. The van der Waals surface area contributed by atoms with E-state index in [-0.39, 0.29) is 23.6 Å². The standard InChI is InChI=1S/C12H10F3N3O3/c1-20-11(19)9-7-18(17-16-9)6-8-4-2-3-5-10(8)21-12(13,14)15/h2-5,7H,6H2,1H3. The van der Waals surface area contributed by atoms with Crippen molar-refractivity contribution in [3.05, 3.63) is 41.7 Å².